The molecule has 0 aromatic heterocycles. The number of carbonyl (C=O) groups excluding carboxylic acids is 1. The maximum absolute atomic E-state index is 13.1. The number of rotatable bonds is 12. The number of ether oxygens (including phenoxy) is 1. The smallest absolute Gasteiger partial charge is 0.405 e. The number of nitrogens with zero attached hydrogens (tertiary/aromatic N) is 1. The van der Waals surface area contributed by atoms with Crippen LogP contribution in [0.1, 0.15) is 55.1 Å². The first-order valence-corrected chi connectivity index (χ1v) is 12.8. The van der Waals surface area contributed by atoms with Crippen LogP contribution in [0.2, 0.25) is 10.0 Å². The molecule has 0 aliphatic heterocycles. The molecule has 0 saturated carbocycles. The third kappa shape index (κ3) is 8.87. The zero-order valence-electron chi connectivity index (χ0n) is 19.4. The Hall–Kier alpha value is -1.61. The summed E-state index contributed by atoms with van der Waals surface area (Å²) in [4.78, 5) is 15.8. The zero-order valence-corrected chi connectivity index (χ0v) is 21.7. The van der Waals surface area contributed by atoms with E-state index in [0.717, 1.165) is 41.7 Å². The molecule has 0 unspecified atom stereocenters. The highest BCUT2D eigenvalue weighted by atomic mass is 35.5. The largest absolute Gasteiger partial charge is 0.573 e. The van der Waals surface area contributed by atoms with Crippen LogP contribution in [0.5, 0.6) is 5.75 Å². The van der Waals surface area contributed by atoms with Crippen molar-refractivity contribution in [3.05, 3.63) is 57.1 Å². The molecular formula is C24H29Cl2F3N2O2S. The normalized spacial score (nSPS) is 11.7. The van der Waals surface area contributed by atoms with Crippen molar-refractivity contribution in [2.45, 2.75) is 58.0 Å². The molecule has 0 aliphatic rings. The van der Waals surface area contributed by atoms with Crippen molar-refractivity contribution in [2.24, 2.45) is 0 Å². The van der Waals surface area contributed by atoms with Crippen molar-refractivity contribution in [2.75, 3.05) is 18.8 Å². The second kappa shape index (κ2) is 13.5. The predicted molar refractivity (Wildman–Crippen MR) is 133 cm³/mol. The first-order valence-electron chi connectivity index (χ1n) is 11.1. The first-order chi connectivity index (χ1) is 16.1. The maximum Gasteiger partial charge on any atom is 0.573 e. The minimum atomic E-state index is -4.92. The summed E-state index contributed by atoms with van der Waals surface area (Å²) in [5.41, 5.74) is 0.998. The van der Waals surface area contributed by atoms with Gasteiger partial charge in [0.2, 0.25) is 0 Å². The molecule has 0 fully saturated rings. The van der Waals surface area contributed by atoms with Gasteiger partial charge in [-0.05, 0) is 61.2 Å². The van der Waals surface area contributed by atoms with Gasteiger partial charge >= 0.3 is 6.36 Å². The number of nitrogens with one attached hydrogen (secondary N) is 1. The van der Waals surface area contributed by atoms with Crippen molar-refractivity contribution >= 4 is 40.9 Å². The molecule has 1 N–H and O–H groups in total. The van der Waals surface area contributed by atoms with Gasteiger partial charge < -0.3 is 10.1 Å². The van der Waals surface area contributed by atoms with Crippen LogP contribution < -0.4 is 10.1 Å². The van der Waals surface area contributed by atoms with E-state index in [1.165, 1.54) is 6.07 Å². The van der Waals surface area contributed by atoms with Crippen LogP contribution in [0.25, 0.3) is 0 Å². The fraction of sp³-hybridized carbons (Fsp3) is 0.458. The number of carbonyl (C=O) groups is 1. The van der Waals surface area contributed by atoms with Crippen LogP contribution in [0.3, 0.4) is 0 Å². The second-order valence-corrected chi connectivity index (χ2v) is 9.72. The van der Waals surface area contributed by atoms with Crippen molar-refractivity contribution in [1.29, 1.82) is 0 Å². The number of alkyl halides is 3. The summed E-state index contributed by atoms with van der Waals surface area (Å²) < 4.78 is 43.7. The highest BCUT2D eigenvalue weighted by Crippen LogP contribution is 2.34. The Morgan fingerprint density at radius 1 is 1.15 bits per heavy atom. The lowest BCUT2D eigenvalue weighted by Crippen LogP contribution is -2.27. The quantitative estimate of drug-likeness (QED) is 0.284. The van der Waals surface area contributed by atoms with E-state index in [0.29, 0.717) is 11.6 Å². The fourth-order valence-electron chi connectivity index (χ4n) is 3.33. The van der Waals surface area contributed by atoms with Crippen LogP contribution in [0, 0.1) is 0 Å². The summed E-state index contributed by atoms with van der Waals surface area (Å²) in [6.07, 6.45) is -3.05. The van der Waals surface area contributed by atoms with Gasteiger partial charge in [-0.25, -0.2) is 0 Å². The van der Waals surface area contributed by atoms with Gasteiger partial charge in [-0.1, -0.05) is 50.4 Å². The standard InChI is InChI=1S/C24H29Cl2F3N2O2S/c1-4-7-10-31(5-2)15-19-20(26)12-16(13-21(19)33-24(27,28)29)23(32)30-14-17-11-18(25)8-9-22(17)34-6-3/h8-9,11-13H,4-7,10,14-15H2,1-3H3,(H,30,32). The van der Waals surface area contributed by atoms with E-state index in [9.17, 15) is 18.0 Å². The second-order valence-electron chi connectivity index (χ2n) is 7.57. The summed E-state index contributed by atoms with van der Waals surface area (Å²) in [5.74, 6) is -0.193. The number of hydrogen-bond acceptors (Lipinski definition) is 4. The number of amides is 1. The molecule has 4 nitrogen and oxygen atoms in total. The predicted octanol–water partition coefficient (Wildman–Crippen LogP) is 7.56. The van der Waals surface area contributed by atoms with Gasteiger partial charge in [0.25, 0.3) is 5.91 Å². The molecule has 0 radical (unpaired) electrons. The highest BCUT2D eigenvalue weighted by Gasteiger charge is 2.33. The molecular weight excluding hydrogens is 508 g/mol. The van der Waals surface area contributed by atoms with E-state index in [4.69, 9.17) is 23.2 Å². The Kier molecular flexibility index (Phi) is 11.3. The van der Waals surface area contributed by atoms with Gasteiger partial charge in [-0.2, -0.15) is 0 Å². The summed E-state index contributed by atoms with van der Waals surface area (Å²) in [5, 5.41) is 3.32. The highest BCUT2D eigenvalue weighted by molar-refractivity contribution is 7.99. The zero-order chi connectivity index (χ0) is 25.3. The van der Waals surface area contributed by atoms with Crippen LogP contribution in [0.15, 0.2) is 35.2 Å². The molecule has 10 heteroatoms. The number of halogens is 5. The van der Waals surface area contributed by atoms with Crippen LogP contribution in [-0.2, 0) is 13.1 Å². The Morgan fingerprint density at radius 2 is 1.88 bits per heavy atom. The molecule has 0 atom stereocenters. The van der Waals surface area contributed by atoms with Crippen molar-refractivity contribution in [3.8, 4) is 5.75 Å². The molecule has 0 aliphatic carbocycles. The molecule has 2 aromatic rings. The molecule has 0 spiro atoms. The lowest BCUT2D eigenvalue weighted by molar-refractivity contribution is -0.275. The molecule has 188 valence electrons. The van der Waals surface area contributed by atoms with Gasteiger partial charge in [-0.15, -0.1) is 24.9 Å². The maximum atomic E-state index is 13.1. The molecule has 0 saturated heterocycles. The number of benzene rings is 2. The van der Waals surface area contributed by atoms with E-state index in [-0.39, 0.29) is 29.2 Å². The van der Waals surface area contributed by atoms with Crippen LogP contribution in [0.4, 0.5) is 13.2 Å². The third-order valence-corrected chi connectivity index (χ3v) is 6.63. The van der Waals surface area contributed by atoms with Gasteiger partial charge in [0, 0.05) is 39.2 Å². The Morgan fingerprint density at radius 3 is 2.50 bits per heavy atom. The summed E-state index contributed by atoms with van der Waals surface area (Å²) in [6, 6.07) is 7.87. The number of thioether (sulfide) groups is 1. The van der Waals surface area contributed by atoms with Gasteiger partial charge in [-0.3, -0.25) is 9.69 Å². The van der Waals surface area contributed by atoms with Crippen LogP contribution >= 0.6 is 35.0 Å². The Labute approximate surface area is 213 Å². The SMILES string of the molecule is CCCCN(CC)Cc1c(Cl)cc(C(=O)NCc2cc(Cl)ccc2SCC)cc1OC(F)(F)F. The van der Waals surface area contributed by atoms with E-state index in [1.54, 1.807) is 23.9 Å². The van der Waals surface area contributed by atoms with E-state index < -0.39 is 18.0 Å². The Bertz CT molecular complexity index is 974. The van der Waals surface area contributed by atoms with Gasteiger partial charge in [0.1, 0.15) is 5.75 Å². The molecule has 1 amide bonds. The van der Waals surface area contributed by atoms with Gasteiger partial charge in [0.05, 0.1) is 0 Å². The van der Waals surface area contributed by atoms with E-state index in [1.807, 2.05) is 31.7 Å². The summed E-state index contributed by atoms with van der Waals surface area (Å²) in [6.45, 7) is 7.68. The number of unbranched alkanes of at least 4 members (excludes halogenated alkanes) is 1. The van der Waals surface area contributed by atoms with E-state index >= 15 is 0 Å². The van der Waals surface area contributed by atoms with Crippen LogP contribution in [-0.4, -0.2) is 36.0 Å². The lowest BCUT2D eigenvalue weighted by Gasteiger charge is -2.23. The van der Waals surface area contributed by atoms with Gasteiger partial charge in [0.15, 0.2) is 0 Å². The minimum Gasteiger partial charge on any atom is -0.405 e. The minimum absolute atomic E-state index is 0.0173. The Balaban J connectivity index is 2.30. The van der Waals surface area contributed by atoms with E-state index in [2.05, 4.69) is 10.1 Å². The molecule has 2 rings (SSSR count). The van der Waals surface area contributed by atoms with Crippen molar-refractivity contribution in [3.63, 3.8) is 0 Å². The monoisotopic (exact) mass is 536 g/mol. The fourth-order valence-corrected chi connectivity index (χ4v) is 4.58. The topological polar surface area (TPSA) is 41.6 Å². The molecule has 2 aromatic carbocycles. The molecule has 34 heavy (non-hydrogen) atoms. The molecule has 0 bridgehead atoms. The van der Waals surface area contributed by atoms with Crippen molar-refractivity contribution in [1.82, 2.24) is 10.2 Å². The average molecular weight is 537 g/mol. The van der Waals surface area contributed by atoms with Crippen molar-refractivity contribution < 1.29 is 22.7 Å². The first kappa shape index (κ1) is 28.6. The summed E-state index contributed by atoms with van der Waals surface area (Å²) >= 11 is 14.1. The summed E-state index contributed by atoms with van der Waals surface area (Å²) in [7, 11) is 0. The third-order valence-electron chi connectivity index (χ3n) is 5.06. The lowest BCUT2D eigenvalue weighted by atomic mass is 10.1. The molecule has 0 heterocycles. The number of hydrogen-bond donors (Lipinski definition) is 1. The average Bonchev–Trinajstić information content (AvgIpc) is 2.77.